The van der Waals surface area contributed by atoms with Gasteiger partial charge in [0.1, 0.15) is 0 Å². The van der Waals surface area contributed by atoms with E-state index in [1.54, 1.807) is 20.8 Å². The summed E-state index contributed by atoms with van der Waals surface area (Å²) < 4.78 is 14.3. The first-order valence-corrected chi connectivity index (χ1v) is 5.12. The lowest BCUT2D eigenvalue weighted by Crippen LogP contribution is -2.39. The van der Waals surface area contributed by atoms with Crippen molar-refractivity contribution >= 4 is 17.7 Å². The first-order valence-electron chi connectivity index (χ1n) is 5.12. The molecule has 0 aliphatic carbocycles. The number of hydrogen-bond donors (Lipinski definition) is 1. The Balaban J connectivity index is 4.57. The Morgan fingerprint density at radius 1 is 1.06 bits per heavy atom. The molecule has 0 aromatic carbocycles. The average molecular weight is 231 g/mol. The van der Waals surface area contributed by atoms with Crippen LogP contribution in [0.2, 0.25) is 0 Å². The van der Waals surface area contributed by atoms with E-state index in [0.717, 1.165) is 0 Å². The van der Waals surface area contributed by atoms with Gasteiger partial charge in [0, 0.05) is 6.61 Å². The lowest BCUT2D eigenvalue weighted by Gasteiger charge is -2.15. The molecule has 0 aliphatic heterocycles. The van der Waals surface area contributed by atoms with Crippen LogP contribution in [0.25, 0.3) is 0 Å². The zero-order valence-electron chi connectivity index (χ0n) is 9.74. The van der Waals surface area contributed by atoms with Crippen molar-refractivity contribution in [2.45, 2.75) is 26.9 Å². The van der Waals surface area contributed by atoms with Gasteiger partial charge in [-0.1, -0.05) is 0 Å². The summed E-state index contributed by atoms with van der Waals surface area (Å²) in [4.78, 5) is 22.6. The van der Waals surface area contributed by atoms with Gasteiger partial charge < -0.3 is 14.2 Å². The maximum absolute atomic E-state index is 11.4. The van der Waals surface area contributed by atoms with E-state index < -0.39 is 23.8 Å². The first kappa shape index (κ1) is 14.6. The second kappa shape index (κ2) is 7.81. The molecule has 16 heavy (non-hydrogen) atoms. The van der Waals surface area contributed by atoms with Crippen molar-refractivity contribution in [3.63, 3.8) is 0 Å². The van der Waals surface area contributed by atoms with Gasteiger partial charge >= 0.3 is 11.9 Å². The molecule has 0 saturated carbocycles. The monoisotopic (exact) mass is 231 g/mol. The second-order valence-electron chi connectivity index (χ2n) is 2.72. The topological polar surface area (TPSA) is 85.7 Å². The Morgan fingerprint density at radius 3 is 2.06 bits per heavy atom. The fourth-order valence-corrected chi connectivity index (χ4v) is 0.970. The Kier molecular flexibility index (Phi) is 7.11. The highest BCUT2D eigenvalue weighted by molar-refractivity contribution is 6.40. The van der Waals surface area contributed by atoms with Crippen molar-refractivity contribution in [1.29, 1.82) is 5.41 Å². The fourth-order valence-electron chi connectivity index (χ4n) is 0.970. The highest BCUT2D eigenvalue weighted by Gasteiger charge is 2.30. The van der Waals surface area contributed by atoms with Crippen molar-refractivity contribution in [3.05, 3.63) is 0 Å². The van der Waals surface area contributed by atoms with Crippen molar-refractivity contribution in [2.75, 3.05) is 19.8 Å². The highest BCUT2D eigenvalue weighted by Crippen LogP contribution is 2.01. The summed E-state index contributed by atoms with van der Waals surface area (Å²) in [5.74, 6) is -1.61. The van der Waals surface area contributed by atoms with Crippen LogP contribution in [0.4, 0.5) is 0 Å². The number of carbonyl (C=O) groups excluding carboxylic acids is 2. The summed E-state index contributed by atoms with van der Waals surface area (Å²) in [5.41, 5.74) is -0.540. The molecule has 6 heteroatoms. The Morgan fingerprint density at radius 2 is 1.62 bits per heavy atom. The Labute approximate surface area is 94.4 Å². The molecule has 0 aromatic heterocycles. The summed E-state index contributed by atoms with van der Waals surface area (Å²) >= 11 is 0. The minimum Gasteiger partial charge on any atom is -0.464 e. The molecule has 0 bridgehead atoms. The van der Waals surface area contributed by atoms with Crippen molar-refractivity contribution in [3.8, 4) is 0 Å². The second-order valence-corrected chi connectivity index (χ2v) is 2.72. The molecule has 0 amide bonds. The summed E-state index contributed by atoms with van der Waals surface area (Å²) in [7, 11) is 0. The van der Waals surface area contributed by atoms with Gasteiger partial charge in [0.2, 0.25) is 6.10 Å². The van der Waals surface area contributed by atoms with Gasteiger partial charge in [-0.15, -0.1) is 0 Å². The molecule has 0 rings (SSSR count). The van der Waals surface area contributed by atoms with Crippen LogP contribution in [-0.2, 0) is 23.8 Å². The molecular formula is C10H17NO5. The Bertz CT molecular complexity index is 264. The maximum Gasteiger partial charge on any atom is 0.355 e. The smallest absolute Gasteiger partial charge is 0.355 e. The highest BCUT2D eigenvalue weighted by atomic mass is 16.6. The van der Waals surface area contributed by atoms with Crippen LogP contribution in [0.1, 0.15) is 20.8 Å². The minimum atomic E-state index is -1.30. The molecule has 0 spiro atoms. The zero-order chi connectivity index (χ0) is 12.6. The average Bonchev–Trinajstić information content (AvgIpc) is 2.25. The number of carbonyl (C=O) groups is 2. The quantitative estimate of drug-likeness (QED) is 0.510. The molecule has 1 atom stereocenters. The largest absolute Gasteiger partial charge is 0.464 e. The molecule has 6 nitrogen and oxygen atoms in total. The van der Waals surface area contributed by atoms with Gasteiger partial charge in [-0.3, -0.25) is 5.41 Å². The maximum atomic E-state index is 11.4. The van der Waals surface area contributed by atoms with Crippen LogP contribution >= 0.6 is 0 Å². The molecule has 92 valence electrons. The number of rotatable bonds is 7. The number of nitrogens with one attached hydrogen (secondary N) is 1. The van der Waals surface area contributed by atoms with Crippen LogP contribution in [0, 0.1) is 5.41 Å². The van der Waals surface area contributed by atoms with E-state index in [1.807, 2.05) is 0 Å². The van der Waals surface area contributed by atoms with Gasteiger partial charge in [-0.05, 0) is 20.8 Å². The summed E-state index contributed by atoms with van der Waals surface area (Å²) in [6.07, 6.45) is -1.30. The lowest BCUT2D eigenvalue weighted by atomic mass is 10.2. The van der Waals surface area contributed by atoms with Crippen LogP contribution in [0.15, 0.2) is 0 Å². The predicted molar refractivity (Wildman–Crippen MR) is 56.4 cm³/mol. The summed E-state index contributed by atoms with van der Waals surface area (Å²) in [6, 6.07) is 0. The Hall–Kier alpha value is -1.43. The fraction of sp³-hybridized carbons (Fsp3) is 0.700. The molecule has 1 N–H and O–H groups in total. The van der Waals surface area contributed by atoms with E-state index >= 15 is 0 Å². The molecule has 0 radical (unpaired) electrons. The lowest BCUT2D eigenvalue weighted by molar-refractivity contribution is -0.153. The standard InChI is InChI=1S/C10H17NO5/c1-4-14-8(10(13)16-6-3)7(11)9(12)15-5-2/h8,11H,4-6H2,1-3H3. The summed E-state index contributed by atoms with van der Waals surface area (Å²) in [5, 5.41) is 7.47. The van der Waals surface area contributed by atoms with Gasteiger partial charge in [0.25, 0.3) is 0 Å². The molecular weight excluding hydrogens is 214 g/mol. The third kappa shape index (κ3) is 4.39. The molecule has 0 aromatic rings. The predicted octanol–water partition coefficient (Wildman–Crippen LogP) is 0.537. The molecule has 0 saturated heterocycles. The van der Waals surface area contributed by atoms with Crippen LogP contribution < -0.4 is 0 Å². The van der Waals surface area contributed by atoms with Crippen LogP contribution in [0.5, 0.6) is 0 Å². The zero-order valence-corrected chi connectivity index (χ0v) is 9.74. The minimum absolute atomic E-state index is 0.142. The van der Waals surface area contributed by atoms with Crippen LogP contribution in [-0.4, -0.2) is 43.6 Å². The van der Waals surface area contributed by atoms with E-state index in [-0.39, 0.29) is 19.8 Å². The van der Waals surface area contributed by atoms with Crippen LogP contribution in [0.3, 0.4) is 0 Å². The summed E-state index contributed by atoms with van der Waals surface area (Å²) in [6.45, 7) is 5.41. The van der Waals surface area contributed by atoms with E-state index in [1.165, 1.54) is 0 Å². The van der Waals surface area contributed by atoms with Crippen molar-refractivity contribution < 1.29 is 23.8 Å². The van der Waals surface area contributed by atoms with E-state index in [9.17, 15) is 9.59 Å². The molecule has 0 aliphatic rings. The van der Waals surface area contributed by atoms with E-state index in [0.29, 0.717) is 0 Å². The first-order chi connectivity index (χ1) is 7.58. The molecule has 0 fully saturated rings. The normalized spacial score (nSPS) is 11.7. The van der Waals surface area contributed by atoms with Gasteiger partial charge in [0.15, 0.2) is 5.71 Å². The van der Waals surface area contributed by atoms with E-state index in [4.69, 9.17) is 14.9 Å². The third-order valence-corrected chi connectivity index (χ3v) is 1.59. The van der Waals surface area contributed by atoms with Crippen molar-refractivity contribution in [2.24, 2.45) is 0 Å². The number of ether oxygens (including phenoxy) is 3. The third-order valence-electron chi connectivity index (χ3n) is 1.59. The van der Waals surface area contributed by atoms with E-state index in [2.05, 4.69) is 4.74 Å². The van der Waals surface area contributed by atoms with Crippen molar-refractivity contribution in [1.82, 2.24) is 0 Å². The van der Waals surface area contributed by atoms with Gasteiger partial charge in [-0.2, -0.15) is 0 Å². The number of hydrogen-bond acceptors (Lipinski definition) is 6. The van der Waals surface area contributed by atoms with Gasteiger partial charge in [-0.25, -0.2) is 9.59 Å². The van der Waals surface area contributed by atoms with Gasteiger partial charge in [0.05, 0.1) is 13.2 Å². The SMILES string of the molecule is CCOC(=O)C(=N)C(OCC)C(=O)OCC. The number of esters is 2. The molecule has 1 unspecified atom stereocenters. The molecule has 0 heterocycles.